The fourth-order valence-corrected chi connectivity index (χ4v) is 1.66. The summed E-state index contributed by atoms with van der Waals surface area (Å²) in [6, 6.07) is 3.37. The van der Waals surface area contributed by atoms with E-state index in [4.69, 9.17) is 0 Å². The van der Waals surface area contributed by atoms with Gasteiger partial charge in [0.05, 0.1) is 0 Å². The van der Waals surface area contributed by atoms with Crippen LogP contribution in [-0.2, 0) is 11.3 Å². The highest BCUT2D eigenvalue weighted by atomic mass is 19.1. The van der Waals surface area contributed by atoms with E-state index >= 15 is 0 Å². The number of halogens is 2. The van der Waals surface area contributed by atoms with Crippen molar-refractivity contribution >= 4 is 5.91 Å². The maximum atomic E-state index is 13.2. The fourth-order valence-electron chi connectivity index (χ4n) is 1.66. The van der Waals surface area contributed by atoms with E-state index < -0.39 is 11.6 Å². The Bertz CT molecular complexity index is 402. The largest absolute Gasteiger partial charge is 0.352 e. The molecule has 0 bridgehead atoms. The molecule has 1 aliphatic carbocycles. The van der Waals surface area contributed by atoms with Gasteiger partial charge in [0.25, 0.3) is 0 Å². The van der Waals surface area contributed by atoms with E-state index in [2.05, 4.69) is 5.32 Å². The molecule has 1 N–H and O–H groups in total. The van der Waals surface area contributed by atoms with Crippen LogP contribution in [0.3, 0.4) is 0 Å². The molecule has 2 nitrogen and oxygen atoms in total. The minimum absolute atomic E-state index is 0.0324. The van der Waals surface area contributed by atoms with E-state index in [1.54, 1.807) is 0 Å². The standard InChI is InChI=1S/C12H13F2NO/c13-10-5-4-9(11(14)6-10)7-15-12(16)8-2-1-3-8/h4-6,8H,1-3,7H2,(H,15,16). The number of carbonyl (C=O) groups is 1. The molecule has 0 radical (unpaired) electrons. The Balaban J connectivity index is 1.91. The van der Waals surface area contributed by atoms with Crippen LogP contribution in [0.1, 0.15) is 24.8 Å². The average molecular weight is 225 g/mol. The van der Waals surface area contributed by atoms with Crippen molar-refractivity contribution in [1.82, 2.24) is 5.32 Å². The zero-order chi connectivity index (χ0) is 11.5. The molecule has 0 unspecified atom stereocenters. The maximum absolute atomic E-state index is 13.2. The van der Waals surface area contributed by atoms with E-state index in [-0.39, 0.29) is 18.4 Å². The summed E-state index contributed by atoms with van der Waals surface area (Å²) in [6.45, 7) is 0.126. The van der Waals surface area contributed by atoms with Crippen molar-refractivity contribution in [3.63, 3.8) is 0 Å². The third-order valence-electron chi connectivity index (χ3n) is 2.94. The molecule has 1 saturated carbocycles. The lowest BCUT2D eigenvalue weighted by Gasteiger charge is -2.24. The van der Waals surface area contributed by atoms with Gasteiger partial charge in [-0.1, -0.05) is 12.5 Å². The number of nitrogens with one attached hydrogen (secondary N) is 1. The molecule has 0 atom stereocenters. The third kappa shape index (κ3) is 2.38. The number of hydrogen-bond acceptors (Lipinski definition) is 1. The van der Waals surface area contributed by atoms with Crippen LogP contribution in [0.4, 0.5) is 8.78 Å². The number of rotatable bonds is 3. The van der Waals surface area contributed by atoms with Crippen molar-refractivity contribution in [3.05, 3.63) is 35.4 Å². The van der Waals surface area contributed by atoms with Gasteiger partial charge in [0.1, 0.15) is 11.6 Å². The molecule has 1 fully saturated rings. The lowest BCUT2D eigenvalue weighted by molar-refractivity contribution is -0.127. The van der Waals surface area contributed by atoms with Crippen LogP contribution in [0.5, 0.6) is 0 Å². The molecule has 1 amide bonds. The first-order valence-corrected chi connectivity index (χ1v) is 5.38. The molecule has 0 aliphatic heterocycles. The summed E-state index contributed by atoms with van der Waals surface area (Å²) in [5, 5.41) is 2.66. The Hall–Kier alpha value is -1.45. The van der Waals surface area contributed by atoms with E-state index in [1.807, 2.05) is 0 Å². The van der Waals surface area contributed by atoms with E-state index in [0.29, 0.717) is 5.56 Å². The molecule has 0 heterocycles. The van der Waals surface area contributed by atoms with Crippen LogP contribution in [0.15, 0.2) is 18.2 Å². The van der Waals surface area contributed by atoms with Crippen molar-refractivity contribution < 1.29 is 13.6 Å². The van der Waals surface area contributed by atoms with Crippen molar-refractivity contribution in [2.24, 2.45) is 5.92 Å². The van der Waals surface area contributed by atoms with Gasteiger partial charge in [-0.3, -0.25) is 4.79 Å². The summed E-state index contributed by atoms with van der Waals surface area (Å²) in [6.07, 6.45) is 2.92. The van der Waals surface area contributed by atoms with E-state index in [1.165, 1.54) is 12.1 Å². The predicted molar refractivity (Wildman–Crippen MR) is 55.5 cm³/mol. The zero-order valence-electron chi connectivity index (χ0n) is 8.80. The SMILES string of the molecule is O=C(NCc1ccc(F)cc1F)C1CCC1. The van der Waals surface area contributed by atoms with Gasteiger partial charge in [-0.05, 0) is 18.9 Å². The summed E-state index contributed by atoms with van der Waals surface area (Å²) >= 11 is 0. The molecule has 2 rings (SSSR count). The van der Waals surface area contributed by atoms with Gasteiger partial charge >= 0.3 is 0 Å². The molecule has 1 aliphatic rings. The highest BCUT2D eigenvalue weighted by Crippen LogP contribution is 2.26. The van der Waals surface area contributed by atoms with E-state index in [0.717, 1.165) is 25.3 Å². The lowest BCUT2D eigenvalue weighted by atomic mass is 9.85. The predicted octanol–water partition coefficient (Wildman–Crippen LogP) is 2.38. The number of carbonyl (C=O) groups excluding carboxylic acids is 1. The topological polar surface area (TPSA) is 29.1 Å². The Morgan fingerprint density at radius 2 is 2.12 bits per heavy atom. The molecular weight excluding hydrogens is 212 g/mol. The van der Waals surface area contributed by atoms with Gasteiger partial charge in [0.15, 0.2) is 0 Å². The van der Waals surface area contributed by atoms with Gasteiger partial charge in [-0.2, -0.15) is 0 Å². The highest BCUT2D eigenvalue weighted by Gasteiger charge is 2.24. The van der Waals surface area contributed by atoms with Crippen LogP contribution in [0.2, 0.25) is 0 Å². The number of benzene rings is 1. The Morgan fingerprint density at radius 3 is 2.69 bits per heavy atom. The summed E-state index contributed by atoms with van der Waals surface area (Å²) in [7, 11) is 0. The minimum Gasteiger partial charge on any atom is -0.352 e. The molecule has 1 aromatic carbocycles. The summed E-state index contributed by atoms with van der Waals surface area (Å²) in [4.78, 5) is 11.5. The van der Waals surface area contributed by atoms with Crippen molar-refractivity contribution in [2.45, 2.75) is 25.8 Å². The molecule has 4 heteroatoms. The van der Waals surface area contributed by atoms with Crippen LogP contribution < -0.4 is 5.32 Å². The first-order chi connectivity index (χ1) is 7.66. The maximum Gasteiger partial charge on any atom is 0.223 e. The van der Waals surface area contributed by atoms with Gasteiger partial charge in [0.2, 0.25) is 5.91 Å². The fraction of sp³-hybridized carbons (Fsp3) is 0.417. The van der Waals surface area contributed by atoms with Gasteiger partial charge in [-0.25, -0.2) is 8.78 Å². The summed E-state index contributed by atoms with van der Waals surface area (Å²) in [5.74, 6) is -1.17. The van der Waals surface area contributed by atoms with Gasteiger partial charge < -0.3 is 5.32 Å². The van der Waals surface area contributed by atoms with E-state index in [9.17, 15) is 13.6 Å². The first kappa shape index (κ1) is 11.0. The normalized spacial score (nSPS) is 15.6. The molecule has 0 spiro atoms. The Morgan fingerprint density at radius 1 is 1.38 bits per heavy atom. The average Bonchev–Trinajstić information content (AvgIpc) is 2.13. The quantitative estimate of drug-likeness (QED) is 0.840. The smallest absolute Gasteiger partial charge is 0.223 e. The van der Waals surface area contributed by atoms with Crippen molar-refractivity contribution in [1.29, 1.82) is 0 Å². The Kier molecular flexibility index (Phi) is 3.17. The first-order valence-electron chi connectivity index (χ1n) is 5.38. The molecule has 16 heavy (non-hydrogen) atoms. The van der Waals surface area contributed by atoms with Crippen LogP contribution in [-0.4, -0.2) is 5.91 Å². The molecule has 86 valence electrons. The lowest BCUT2D eigenvalue weighted by Crippen LogP contribution is -2.34. The van der Waals surface area contributed by atoms with Crippen LogP contribution in [0.25, 0.3) is 0 Å². The van der Waals surface area contributed by atoms with Gasteiger partial charge in [-0.15, -0.1) is 0 Å². The summed E-state index contributed by atoms with van der Waals surface area (Å²) < 4.78 is 25.8. The van der Waals surface area contributed by atoms with Crippen LogP contribution >= 0.6 is 0 Å². The van der Waals surface area contributed by atoms with Crippen molar-refractivity contribution in [3.8, 4) is 0 Å². The Labute approximate surface area is 92.7 Å². The van der Waals surface area contributed by atoms with Crippen LogP contribution in [0, 0.1) is 17.6 Å². The second kappa shape index (κ2) is 4.60. The monoisotopic (exact) mass is 225 g/mol. The third-order valence-corrected chi connectivity index (χ3v) is 2.94. The second-order valence-electron chi connectivity index (χ2n) is 4.08. The highest BCUT2D eigenvalue weighted by molar-refractivity contribution is 5.79. The molecule has 1 aromatic rings. The minimum atomic E-state index is -0.617. The zero-order valence-corrected chi connectivity index (χ0v) is 8.80. The number of hydrogen-bond donors (Lipinski definition) is 1. The summed E-state index contributed by atoms with van der Waals surface area (Å²) in [5.41, 5.74) is 0.314. The number of amides is 1. The van der Waals surface area contributed by atoms with Crippen molar-refractivity contribution in [2.75, 3.05) is 0 Å². The molecule has 0 aromatic heterocycles. The molecular formula is C12H13F2NO. The second-order valence-corrected chi connectivity index (χ2v) is 4.08. The van der Waals surface area contributed by atoms with Gasteiger partial charge in [0, 0.05) is 24.1 Å². The molecule has 0 saturated heterocycles.